The Kier molecular flexibility index (Phi) is 5.27. The average Bonchev–Trinajstić information content (AvgIpc) is 3.15. The first kappa shape index (κ1) is 20.4. The number of rotatable bonds is 3. The molecule has 1 aromatic heterocycles. The number of aromatic nitrogens is 2. The summed E-state index contributed by atoms with van der Waals surface area (Å²) >= 11 is 5.95. The number of hydrogen-bond donors (Lipinski definition) is 1. The maximum absolute atomic E-state index is 13.3. The van der Waals surface area contributed by atoms with E-state index >= 15 is 0 Å². The topological polar surface area (TPSA) is 58.1 Å². The van der Waals surface area contributed by atoms with Crippen molar-refractivity contribution in [3.05, 3.63) is 64.3 Å². The van der Waals surface area contributed by atoms with E-state index in [2.05, 4.69) is 15.3 Å². The minimum absolute atomic E-state index is 0.132. The fourth-order valence-corrected chi connectivity index (χ4v) is 3.74. The van der Waals surface area contributed by atoms with Gasteiger partial charge in [0.25, 0.3) is 5.91 Å². The minimum atomic E-state index is -4.58. The molecule has 156 valence electrons. The van der Waals surface area contributed by atoms with Gasteiger partial charge in [-0.15, -0.1) is 0 Å². The van der Waals surface area contributed by atoms with Crippen molar-refractivity contribution in [1.82, 2.24) is 14.9 Å². The van der Waals surface area contributed by atoms with E-state index in [1.54, 1.807) is 31.3 Å². The van der Waals surface area contributed by atoms with Gasteiger partial charge < -0.3 is 10.2 Å². The van der Waals surface area contributed by atoms with Gasteiger partial charge in [0.1, 0.15) is 5.82 Å². The summed E-state index contributed by atoms with van der Waals surface area (Å²) in [6, 6.07) is 8.68. The molecule has 0 spiro atoms. The number of anilines is 1. The second-order valence-electron chi connectivity index (χ2n) is 7.32. The lowest BCUT2D eigenvalue weighted by Crippen LogP contribution is -2.33. The van der Waals surface area contributed by atoms with Crippen LogP contribution in [0.4, 0.5) is 19.0 Å². The molecule has 30 heavy (non-hydrogen) atoms. The van der Waals surface area contributed by atoms with Crippen molar-refractivity contribution in [3.8, 4) is 0 Å². The zero-order valence-electron chi connectivity index (χ0n) is 16.0. The molecule has 2 aromatic carbocycles. The normalized spacial score (nSPS) is 16.8. The van der Waals surface area contributed by atoms with Crippen molar-refractivity contribution in [3.63, 3.8) is 0 Å². The molecule has 0 bridgehead atoms. The fourth-order valence-electron chi connectivity index (χ4n) is 3.58. The first-order valence-corrected chi connectivity index (χ1v) is 9.74. The third-order valence-corrected chi connectivity index (χ3v) is 5.28. The number of nitrogens with one attached hydrogen (secondary N) is 1. The maximum Gasteiger partial charge on any atom is 0.417 e. The Morgan fingerprint density at radius 2 is 2.00 bits per heavy atom. The van der Waals surface area contributed by atoms with Gasteiger partial charge in [-0.05, 0) is 43.7 Å². The molecule has 3 aromatic rings. The van der Waals surface area contributed by atoms with Gasteiger partial charge in [-0.1, -0.05) is 23.2 Å². The van der Waals surface area contributed by atoms with Crippen LogP contribution in [0.1, 0.15) is 27.9 Å². The van der Waals surface area contributed by atoms with Crippen LogP contribution in [0.3, 0.4) is 0 Å². The van der Waals surface area contributed by atoms with Crippen molar-refractivity contribution in [2.24, 2.45) is 0 Å². The second-order valence-corrected chi connectivity index (χ2v) is 7.75. The molecule has 1 unspecified atom stereocenters. The van der Waals surface area contributed by atoms with E-state index in [-0.39, 0.29) is 18.2 Å². The van der Waals surface area contributed by atoms with Gasteiger partial charge in [0.2, 0.25) is 0 Å². The minimum Gasteiger partial charge on any atom is -0.364 e. The van der Waals surface area contributed by atoms with Crippen LogP contribution in [0.15, 0.2) is 42.6 Å². The summed E-state index contributed by atoms with van der Waals surface area (Å²) in [7, 11) is 0. The molecule has 1 amide bonds. The molecule has 1 aliphatic rings. The predicted molar refractivity (Wildman–Crippen MR) is 109 cm³/mol. The molecular formula is C21H18ClF3N4O. The molecule has 1 atom stereocenters. The number of carbonyl (C=O) groups is 1. The smallest absolute Gasteiger partial charge is 0.364 e. The average molecular weight is 435 g/mol. The van der Waals surface area contributed by atoms with Crippen LogP contribution in [0.5, 0.6) is 0 Å². The molecule has 9 heteroatoms. The summed E-state index contributed by atoms with van der Waals surface area (Å²) in [6.07, 6.45) is -2.41. The number of benzene rings is 2. The van der Waals surface area contributed by atoms with Crippen LogP contribution < -0.4 is 5.32 Å². The highest BCUT2D eigenvalue weighted by Gasteiger charge is 2.37. The summed E-state index contributed by atoms with van der Waals surface area (Å²) in [5.74, 6) is -0.0785. The molecule has 4 rings (SSSR count). The number of halogens is 4. The Labute approximate surface area is 175 Å². The largest absolute Gasteiger partial charge is 0.417 e. The molecule has 5 nitrogen and oxygen atoms in total. The van der Waals surface area contributed by atoms with Crippen molar-refractivity contribution in [1.29, 1.82) is 0 Å². The Morgan fingerprint density at radius 3 is 2.77 bits per heavy atom. The van der Waals surface area contributed by atoms with Gasteiger partial charge in [-0.2, -0.15) is 13.2 Å². The third kappa shape index (κ3) is 4.18. The van der Waals surface area contributed by atoms with Gasteiger partial charge in [0.05, 0.1) is 28.4 Å². The zero-order valence-corrected chi connectivity index (χ0v) is 16.8. The lowest BCUT2D eigenvalue weighted by Gasteiger charge is -2.20. The van der Waals surface area contributed by atoms with Gasteiger partial charge in [0, 0.05) is 24.2 Å². The van der Waals surface area contributed by atoms with Crippen molar-refractivity contribution in [2.75, 3.05) is 18.4 Å². The van der Waals surface area contributed by atoms with Crippen LogP contribution in [0.2, 0.25) is 5.02 Å². The SMILES string of the molecule is Cc1ccc(C(F)(F)F)c(C(=O)N2CCC(Nc3cnc4cc(Cl)ccc4n3)C2)c1. The van der Waals surface area contributed by atoms with Gasteiger partial charge >= 0.3 is 6.18 Å². The molecule has 0 aliphatic carbocycles. The molecule has 0 radical (unpaired) electrons. The van der Waals surface area contributed by atoms with E-state index < -0.39 is 17.6 Å². The van der Waals surface area contributed by atoms with E-state index in [1.807, 2.05) is 0 Å². The fraction of sp³-hybridized carbons (Fsp3) is 0.286. The van der Waals surface area contributed by atoms with E-state index in [0.717, 1.165) is 6.07 Å². The number of carbonyl (C=O) groups excluding carboxylic acids is 1. The summed E-state index contributed by atoms with van der Waals surface area (Å²) in [6.45, 7) is 2.31. The number of hydrogen-bond acceptors (Lipinski definition) is 4. The van der Waals surface area contributed by atoms with Gasteiger partial charge in [0.15, 0.2) is 0 Å². The molecular weight excluding hydrogens is 417 g/mol. The standard InChI is InChI=1S/C21H18ClF3N4O/c1-12-2-4-16(21(23,24)25)15(8-12)20(30)29-7-6-14(11-29)27-19-10-26-18-9-13(22)3-5-17(18)28-19/h2-5,8-10,14H,6-7,11H2,1H3,(H,27,28). The molecule has 1 fully saturated rings. The first-order chi connectivity index (χ1) is 14.2. The lowest BCUT2D eigenvalue weighted by molar-refractivity contribution is -0.138. The van der Waals surface area contributed by atoms with E-state index in [4.69, 9.17) is 11.6 Å². The highest BCUT2D eigenvalue weighted by Crippen LogP contribution is 2.33. The van der Waals surface area contributed by atoms with Crippen LogP contribution in [0, 0.1) is 6.92 Å². The number of amides is 1. The van der Waals surface area contributed by atoms with E-state index in [9.17, 15) is 18.0 Å². The first-order valence-electron chi connectivity index (χ1n) is 9.37. The number of alkyl halides is 3. The number of likely N-dealkylation sites (tertiary alicyclic amines) is 1. The summed E-state index contributed by atoms with van der Waals surface area (Å²) in [4.78, 5) is 23.1. The Morgan fingerprint density at radius 1 is 1.20 bits per heavy atom. The van der Waals surface area contributed by atoms with Gasteiger partial charge in [-0.25, -0.2) is 4.98 Å². The monoisotopic (exact) mass is 434 g/mol. The third-order valence-electron chi connectivity index (χ3n) is 5.04. The van der Waals surface area contributed by atoms with Crippen LogP contribution in [0.25, 0.3) is 11.0 Å². The van der Waals surface area contributed by atoms with Crippen molar-refractivity contribution < 1.29 is 18.0 Å². The van der Waals surface area contributed by atoms with Crippen molar-refractivity contribution in [2.45, 2.75) is 25.6 Å². The predicted octanol–water partition coefficient (Wildman–Crippen LogP) is 4.94. The summed E-state index contributed by atoms with van der Waals surface area (Å²) < 4.78 is 40.0. The van der Waals surface area contributed by atoms with E-state index in [1.165, 1.54) is 17.0 Å². The van der Waals surface area contributed by atoms with E-state index in [0.29, 0.717) is 40.4 Å². The molecule has 2 heterocycles. The molecule has 1 aliphatic heterocycles. The highest BCUT2D eigenvalue weighted by atomic mass is 35.5. The maximum atomic E-state index is 13.3. The molecule has 1 saturated heterocycles. The van der Waals surface area contributed by atoms with Crippen LogP contribution >= 0.6 is 11.6 Å². The lowest BCUT2D eigenvalue weighted by atomic mass is 10.0. The Balaban J connectivity index is 1.49. The second kappa shape index (κ2) is 7.75. The molecule has 1 N–H and O–H groups in total. The molecule has 0 saturated carbocycles. The Hall–Kier alpha value is -2.87. The van der Waals surface area contributed by atoms with Crippen LogP contribution in [-0.2, 0) is 6.18 Å². The Bertz CT molecular complexity index is 1120. The highest BCUT2D eigenvalue weighted by molar-refractivity contribution is 6.31. The number of aryl methyl sites for hydroxylation is 1. The quantitative estimate of drug-likeness (QED) is 0.634. The number of nitrogens with zero attached hydrogens (tertiary/aromatic N) is 3. The van der Waals surface area contributed by atoms with Crippen LogP contribution in [-0.4, -0.2) is 39.9 Å². The van der Waals surface area contributed by atoms with Gasteiger partial charge in [-0.3, -0.25) is 9.78 Å². The number of fused-ring (bicyclic) bond motifs is 1. The zero-order chi connectivity index (χ0) is 21.5. The summed E-state index contributed by atoms with van der Waals surface area (Å²) in [5.41, 5.74) is 0.714. The summed E-state index contributed by atoms with van der Waals surface area (Å²) in [5, 5.41) is 3.78. The van der Waals surface area contributed by atoms with Crippen molar-refractivity contribution >= 4 is 34.4 Å².